The first-order valence-electron chi connectivity index (χ1n) is 4.72. The maximum Gasteiger partial charge on any atom is 0.324 e. The number of hydrogen-bond donors (Lipinski definition) is 1. The van der Waals surface area contributed by atoms with E-state index in [2.05, 4.69) is 10.1 Å². The van der Waals surface area contributed by atoms with Crippen LogP contribution in [-0.4, -0.2) is 23.3 Å². The molecule has 4 nitrogen and oxygen atoms in total. The van der Waals surface area contributed by atoms with Gasteiger partial charge in [0.1, 0.15) is 0 Å². The van der Waals surface area contributed by atoms with Gasteiger partial charge >= 0.3 is 6.21 Å². The summed E-state index contributed by atoms with van der Waals surface area (Å²) in [5.74, 6) is -0.250. The highest BCUT2D eigenvalue weighted by Gasteiger charge is 2.07. The second kappa shape index (κ2) is 5.86. The maximum absolute atomic E-state index is 11.0. The highest BCUT2D eigenvalue weighted by atomic mass is 16.1. The summed E-state index contributed by atoms with van der Waals surface area (Å²) in [5.41, 5.74) is 9.26. The lowest BCUT2D eigenvalue weighted by molar-refractivity contribution is -0.115. The van der Waals surface area contributed by atoms with E-state index in [0.29, 0.717) is 0 Å². The van der Waals surface area contributed by atoms with Crippen LogP contribution in [0.5, 0.6) is 0 Å². The van der Waals surface area contributed by atoms with E-state index in [-0.39, 0.29) is 18.4 Å². The van der Waals surface area contributed by atoms with Crippen molar-refractivity contribution >= 4 is 12.0 Å². The first kappa shape index (κ1) is 11.3. The first-order valence-corrected chi connectivity index (χ1v) is 4.72. The van der Waals surface area contributed by atoms with E-state index < -0.39 is 0 Å². The van der Waals surface area contributed by atoms with Crippen LogP contribution >= 0.6 is 0 Å². The average Bonchev–Trinajstić information content (AvgIpc) is 2.27. The van der Waals surface area contributed by atoms with Gasteiger partial charge in [0.25, 0.3) is 0 Å². The van der Waals surface area contributed by atoms with Gasteiger partial charge in [-0.15, -0.1) is 0 Å². The maximum atomic E-state index is 11.0. The minimum atomic E-state index is -0.250. The Morgan fingerprint density at radius 2 is 2.20 bits per heavy atom. The monoisotopic (exact) mass is 203 g/mol. The van der Waals surface area contributed by atoms with E-state index in [4.69, 9.17) is 5.53 Å². The van der Waals surface area contributed by atoms with Crippen molar-refractivity contribution < 1.29 is 9.58 Å². The summed E-state index contributed by atoms with van der Waals surface area (Å²) in [6.45, 7) is 2.14. The number of nitrogens with one attached hydrogen (secondary N) is 1. The predicted molar refractivity (Wildman–Crippen MR) is 57.6 cm³/mol. The molecule has 0 bridgehead atoms. The molecular weight excluding hydrogens is 190 g/mol. The predicted octanol–water partition coefficient (Wildman–Crippen LogP) is 1.21. The fourth-order valence-corrected chi connectivity index (χ4v) is 1.22. The number of hydrogen-bond acceptors (Lipinski definition) is 2. The van der Waals surface area contributed by atoms with Crippen LogP contribution in [0, 0.1) is 0 Å². The molecule has 0 aromatic heterocycles. The number of rotatable bonds is 5. The summed E-state index contributed by atoms with van der Waals surface area (Å²) in [6, 6.07) is 9.92. The summed E-state index contributed by atoms with van der Waals surface area (Å²) in [5, 5.41) is 3.03. The van der Waals surface area contributed by atoms with Gasteiger partial charge in [-0.2, -0.15) is 4.79 Å². The van der Waals surface area contributed by atoms with Crippen LogP contribution in [0.4, 0.5) is 0 Å². The Kier molecular flexibility index (Phi) is 4.41. The lowest BCUT2D eigenvalue weighted by Crippen LogP contribution is -2.26. The van der Waals surface area contributed by atoms with Crippen molar-refractivity contribution in [3.63, 3.8) is 0 Å². The Bertz CT molecular complexity index is 369. The van der Waals surface area contributed by atoms with Crippen molar-refractivity contribution in [1.82, 2.24) is 5.32 Å². The zero-order valence-electron chi connectivity index (χ0n) is 8.55. The van der Waals surface area contributed by atoms with Gasteiger partial charge in [-0.25, -0.2) is 0 Å². The lowest BCUT2D eigenvalue weighted by Gasteiger charge is -2.11. The molecule has 0 aliphatic rings. The molecule has 1 rings (SSSR count). The summed E-state index contributed by atoms with van der Waals surface area (Å²) < 4.78 is 0. The average molecular weight is 203 g/mol. The molecule has 0 aliphatic heterocycles. The Morgan fingerprint density at radius 1 is 1.53 bits per heavy atom. The summed E-state index contributed by atoms with van der Waals surface area (Å²) in [6.07, 6.45) is 0.894. The second-order valence-corrected chi connectivity index (χ2v) is 3.22. The molecule has 1 atom stereocenters. The van der Waals surface area contributed by atoms with Crippen molar-refractivity contribution in [2.45, 2.75) is 13.0 Å². The first-order chi connectivity index (χ1) is 7.24. The Balaban J connectivity index is 2.47. The van der Waals surface area contributed by atoms with E-state index in [9.17, 15) is 4.79 Å². The van der Waals surface area contributed by atoms with Crippen LogP contribution in [-0.2, 0) is 4.79 Å². The fraction of sp³-hybridized carbons (Fsp3) is 0.273. The molecule has 0 fully saturated rings. The van der Waals surface area contributed by atoms with Crippen LogP contribution in [0.1, 0.15) is 18.5 Å². The highest BCUT2D eigenvalue weighted by Crippen LogP contribution is 2.10. The normalized spacial score (nSPS) is 11.5. The Morgan fingerprint density at radius 3 is 2.80 bits per heavy atom. The van der Waals surface area contributed by atoms with Crippen molar-refractivity contribution in [2.75, 3.05) is 6.54 Å². The summed E-state index contributed by atoms with van der Waals surface area (Å²) >= 11 is 0. The third-order valence-corrected chi connectivity index (χ3v) is 2.08. The quantitative estimate of drug-likeness (QED) is 0.444. The summed E-state index contributed by atoms with van der Waals surface area (Å²) in [4.78, 5) is 13.7. The third-order valence-electron chi connectivity index (χ3n) is 2.08. The molecule has 0 amide bonds. The Hall–Kier alpha value is -1.77. The van der Waals surface area contributed by atoms with Crippen LogP contribution in [0.25, 0.3) is 5.53 Å². The third kappa shape index (κ3) is 3.85. The molecule has 15 heavy (non-hydrogen) atoms. The van der Waals surface area contributed by atoms with E-state index in [1.165, 1.54) is 0 Å². The van der Waals surface area contributed by atoms with E-state index in [0.717, 1.165) is 11.8 Å². The number of ketones is 1. The molecule has 0 heterocycles. The van der Waals surface area contributed by atoms with E-state index in [1.54, 1.807) is 0 Å². The highest BCUT2D eigenvalue weighted by molar-refractivity contribution is 6.26. The second-order valence-electron chi connectivity index (χ2n) is 3.22. The Labute approximate surface area is 88.5 Å². The largest absolute Gasteiger partial charge is 0.361 e. The molecule has 78 valence electrons. The van der Waals surface area contributed by atoms with Gasteiger partial charge in [0.05, 0.1) is 6.54 Å². The van der Waals surface area contributed by atoms with Gasteiger partial charge in [0, 0.05) is 6.04 Å². The van der Waals surface area contributed by atoms with E-state index in [1.807, 2.05) is 37.3 Å². The summed E-state index contributed by atoms with van der Waals surface area (Å²) in [7, 11) is 0. The van der Waals surface area contributed by atoms with Crippen LogP contribution in [0.3, 0.4) is 0 Å². The van der Waals surface area contributed by atoms with Crippen molar-refractivity contribution in [3.05, 3.63) is 41.4 Å². The molecule has 0 spiro atoms. The number of carbonyl (C=O) groups excluding carboxylic acids is 1. The van der Waals surface area contributed by atoms with Crippen LogP contribution in [0.2, 0.25) is 0 Å². The van der Waals surface area contributed by atoms with Gasteiger partial charge in [0.15, 0.2) is 0 Å². The van der Waals surface area contributed by atoms with Crippen molar-refractivity contribution in [2.24, 2.45) is 0 Å². The molecule has 1 N–H and O–H groups in total. The van der Waals surface area contributed by atoms with Crippen LogP contribution in [0.15, 0.2) is 30.3 Å². The van der Waals surface area contributed by atoms with Gasteiger partial charge in [-0.05, 0) is 12.5 Å². The van der Waals surface area contributed by atoms with Crippen molar-refractivity contribution in [3.8, 4) is 0 Å². The minimum Gasteiger partial charge on any atom is -0.361 e. The lowest BCUT2D eigenvalue weighted by atomic mass is 10.1. The smallest absolute Gasteiger partial charge is 0.324 e. The molecule has 0 unspecified atom stereocenters. The number of nitrogens with zero attached hydrogens (tertiary/aromatic N) is 2. The molecule has 0 aliphatic carbocycles. The molecule has 4 heteroatoms. The van der Waals surface area contributed by atoms with E-state index >= 15 is 0 Å². The molecule has 1 aromatic carbocycles. The molecule has 0 radical (unpaired) electrons. The molecular formula is C11H13N3O. The number of Topliss-reactive ketones (excluding diaryl/α,β-unsaturated/α-hetero) is 1. The van der Waals surface area contributed by atoms with Crippen molar-refractivity contribution in [1.29, 1.82) is 0 Å². The fourth-order valence-electron chi connectivity index (χ4n) is 1.22. The van der Waals surface area contributed by atoms with Gasteiger partial charge in [0.2, 0.25) is 5.78 Å². The molecule has 0 saturated carbocycles. The minimum absolute atomic E-state index is 0.0993. The zero-order chi connectivity index (χ0) is 11.1. The SMILES string of the molecule is C[C@H](NCC(=O)C=[N+]=[N-])c1ccccc1. The van der Waals surface area contributed by atoms with Gasteiger partial charge in [-0.3, -0.25) is 4.79 Å². The van der Waals surface area contributed by atoms with Crippen LogP contribution < -0.4 is 5.32 Å². The van der Waals surface area contributed by atoms with Gasteiger partial charge < -0.3 is 10.8 Å². The number of benzene rings is 1. The topological polar surface area (TPSA) is 65.5 Å². The number of carbonyl (C=O) groups is 1. The zero-order valence-corrected chi connectivity index (χ0v) is 8.55. The molecule has 0 saturated heterocycles. The molecule has 1 aromatic rings. The van der Waals surface area contributed by atoms with Gasteiger partial charge in [-0.1, -0.05) is 30.3 Å². The standard InChI is InChI=1S/C11H13N3O/c1-9(10-5-3-2-4-6-10)13-7-11(15)8-14-12/h2-6,8-9,13H,7H2,1H3/t9-/m0/s1.